The molecule has 0 amide bonds. The molecule has 0 saturated carbocycles. The number of hydrogen-bond acceptors (Lipinski definition) is 4. The molecule has 0 aromatic heterocycles. The van der Waals surface area contributed by atoms with Crippen molar-refractivity contribution in [2.24, 2.45) is 4.99 Å². The van der Waals surface area contributed by atoms with Gasteiger partial charge in [-0.3, -0.25) is 4.99 Å². The summed E-state index contributed by atoms with van der Waals surface area (Å²) >= 11 is 0. The molecule has 1 heterocycles. The molecule has 28 heavy (non-hydrogen) atoms. The molecule has 1 aromatic rings. The molecule has 0 atom stereocenters. The third-order valence-electron chi connectivity index (χ3n) is 5.30. The highest BCUT2D eigenvalue weighted by Gasteiger charge is 2.21. The molecule has 158 valence electrons. The number of ether oxygens (including phenoxy) is 2. The first-order valence-electron chi connectivity index (χ1n) is 10.7. The molecular weight excluding hydrogens is 352 g/mol. The minimum Gasteiger partial charge on any atom is -0.492 e. The number of piperidine rings is 1. The minimum atomic E-state index is 0.397. The SMILES string of the molecule is CCOC1CCN(C(=NC)NCc2ccc(OCCN(CC)CC)cc2)CC1. The lowest BCUT2D eigenvalue weighted by Gasteiger charge is -2.34. The Balaban J connectivity index is 1.74. The van der Waals surface area contributed by atoms with E-state index >= 15 is 0 Å². The zero-order valence-corrected chi connectivity index (χ0v) is 18.1. The van der Waals surface area contributed by atoms with Crippen LogP contribution in [0.25, 0.3) is 0 Å². The van der Waals surface area contributed by atoms with Gasteiger partial charge >= 0.3 is 0 Å². The Labute approximate surface area is 170 Å². The Bertz CT molecular complexity index is 564. The second-order valence-corrected chi connectivity index (χ2v) is 7.06. The van der Waals surface area contributed by atoms with Gasteiger partial charge in [0.2, 0.25) is 0 Å². The van der Waals surface area contributed by atoms with Crippen molar-refractivity contribution in [3.05, 3.63) is 29.8 Å². The van der Waals surface area contributed by atoms with Crippen LogP contribution in [0.3, 0.4) is 0 Å². The molecule has 0 aliphatic carbocycles. The van der Waals surface area contributed by atoms with Gasteiger partial charge < -0.3 is 24.6 Å². The quantitative estimate of drug-likeness (QED) is 0.492. The molecule has 1 saturated heterocycles. The molecule has 6 nitrogen and oxygen atoms in total. The molecule has 2 rings (SSSR count). The van der Waals surface area contributed by atoms with Gasteiger partial charge in [-0.15, -0.1) is 0 Å². The molecule has 1 aliphatic heterocycles. The van der Waals surface area contributed by atoms with Crippen LogP contribution in [0, 0.1) is 0 Å². The highest BCUT2D eigenvalue weighted by atomic mass is 16.5. The van der Waals surface area contributed by atoms with E-state index in [1.165, 1.54) is 5.56 Å². The van der Waals surface area contributed by atoms with Crippen molar-refractivity contribution in [3.8, 4) is 5.75 Å². The van der Waals surface area contributed by atoms with Crippen molar-refractivity contribution >= 4 is 5.96 Å². The minimum absolute atomic E-state index is 0.397. The Hall–Kier alpha value is -1.79. The number of guanidine groups is 1. The van der Waals surface area contributed by atoms with Gasteiger partial charge in [0.05, 0.1) is 6.10 Å². The van der Waals surface area contributed by atoms with Crippen molar-refractivity contribution in [2.45, 2.75) is 46.3 Å². The number of likely N-dealkylation sites (tertiary alicyclic amines) is 1. The Morgan fingerprint density at radius 2 is 1.82 bits per heavy atom. The van der Waals surface area contributed by atoms with Gasteiger partial charge in [0.15, 0.2) is 5.96 Å². The smallest absolute Gasteiger partial charge is 0.193 e. The first kappa shape index (κ1) is 22.5. The maximum atomic E-state index is 5.86. The van der Waals surface area contributed by atoms with Crippen LogP contribution in [0.1, 0.15) is 39.2 Å². The number of hydrogen-bond donors (Lipinski definition) is 1. The largest absolute Gasteiger partial charge is 0.492 e. The Kier molecular flexibility index (Phi) is 10.1. The predicted molar refractivity (Wildman–Crippen MR) is 116 cm³/mol. The highest BCUT2D eigenvalue weighted by Crippen LogP contribution is 2.15. The van der Waals surface area contributed by atoms with Crippen LogP contribution in [0.4, 0.5) is 0 Å². The number of rotatable bonds is 10. The van der Waals surface area contributed by atoms with Crippen LogP contribution in [0.15, 0.2) is 29.3 Å². The molecule has 1 aromatic carbocycles. The maximum Gasteiger partial charge on any atom is 0.193 e. The molecule has 1 N–H and O–H groups in total. The molecule has 1 aliphatic rings. The fourth-order valence-electron chi connectivity index (χ4n) is 3.52. The van der Waals surface area contributed by atoms with E-state index in [1.54, 1.807) is 0 Å². The van der Waals surface area contributed by atoms with Gasteiger partial charge in [-0.2, -0.15) is 0 Å². The average molecular weight is 391 g/mol. The predicted octanol–water partition coefficient (Wildman–Crippen LogP) is 2.98. The van der Waals surface area contributed by atoms with E-state index in [2.05, 4.69) is 65.1 Å². The molecule has 0 radical (unpaired) electrons. The van der Waals surface area contributed by atoms with Crippen LogP contribution >= 0.6 is 0 Å². The summed E-state index contributed by atoms with van der Waals surface area (Å²) in [6.07, 6.45) is 2.52. The van der Waals surface area contributed by atoms with E-state index in [0.717, 1.165) is 77.0 Å². The summed E-state index contributed by atoms with van der Waals surface area (Å²) in [7, 11) is 1.85. The van der Waals surface area contributed by atoms with Crippen LogP contribution in [0.5, 0.6) is 5.75 Å². The summed E-state index contributed by atoms with van der Waals surface area (Å²) in [6, 6.07) is 8.34. The topological polar surface area (TPSA) is 49.3 Å². The summed E-state index contributed by atoms with van der Waals surface area (Å²) in [5, 5.41) is 3.48. The standard InChI is InChI=1S/C22H38N4O2/c1-5-25(6-2)16-17-28-20-10-8-19(9-11-20)18-24-22(23-4)26-14-12-21(13-15-26)27-7-3/h8-11,21H,5-7,12-18H2,1-4H3,(H,23,24). The lowest BCUT2D eigenvalue weighted by atomic mass is 10.1. The van der Waals surface area contributed by atoms with E-state index in [-0.39, 0.29) is 0 Å². The number of likely N-dealkylation sites (N-methyl/N-ethyl adjacent to an activating group) is 1. The van der Waals surface area contributed by atoms with Gasteiger partial charge in [-0.1, -0.05) is 26.0 Å². The molecule has 0 bridgehead atoms. The van der Waals surface area contributed by atoms with E-state index in [0.29, 0.717) is 6.10 Å². The van der Waals surface area contributed by atoms with Crippen LogP contribution in [-0.4, -0.2) is 74.8 Å². The van der Waals surface area contributed by atoms with Crippen LogP contribution in [-0.2, 0) is 11.3 Å². The van der Waals surface area contributed by atoms with Crippen molar-refractivity contribution in [3.63, 3.8) is 0 Å². The van der Waals surface area contributed by atoms with Crippen molar-refractivity contribution < 1.29 is 9.47 Å². The Morgan fingerprint density at radius 3 is 2.39 bits per heavy atom. The molecule has 1 fully saturated rings. The van der Waals surface area contributed by atoms with E-state index in [9.17, 15) is 0 Å². The lowest BCUT2D eigenvalue weighted by molar-refractivity contribution is 0.0263. The van der Waals surface area contributed by atoms with Gasteiger partial charge in [0, 0.05) is 39.8 Å². The molecule has 0 unspecified atom stereocenters. The molecule has 6 heteroatoms. The number of aliphatic imine (C=N–C) groups is 1. The first-order chi connectivity index (χ1) is 13.7. The fraction of sp³-hybridized carbons (Fsp3) is 0.682. The zero-order valence-electron chi connectivity index (χ0n) is 18.1. The van der Waals surface area contributed by atoms with Crippen LogP contribution < -0.4 is 10.1 Å². The summed E-state index contributed by atoms with van der Waals surface area (Å²) < 4.78 is 11.6. The van der Waals surface area contributed by atoms with Crippen LogP contribution in [0.2, 0.25) is 0 Å². The summed E-state index contributed by atoms with van der Waals surface area (Å²) in [6.45, 7) is 13.8. The zero-order chi connectivity index (χ0) is 20.2. The van der Waals surface area contributed by atoms with Crippen molar-refractivity contribution in [2.75, 3.05) is 53.0 Å². The van der Waals surface area contributed by atoms with E-state index in [4.69, 9.17) is 9.47 Å². The van der Waals surface area contributed by atoms with E-state index in [1.807, 2.05) is 7.05 Å². The third kappa shape index (κ3) is 7.32. The summed E-state index contributed by atoms with van der Waals surface area (Å²) in [4.78, 5) is 9.13. The van der Waals surface area contributed by atoms with Gasteiger partial charge in [-0.05, 0) is 50.6 Å². The fourth-order valence-corrected chi connectivity index (χ4v) is 3.52. The molecule has 0 spiro atoms. The number of benzene rings is 1. The van der Waals surface area contributed by atoms with Crippen molar-refractivity contribution in [1.29, 1.82) is 0 Å². The monoisotopic (exact) mass is 390 g/mol. The third-order valence-corrected chi connectivity index (χ3v) is 5.30. The second-order valence-electron chi connectivity index (χ2n) is 7.06. The Morgan fingerprint density at radius 1 is 1.14 bits per heavy atom. The first-order valence-corrected chi connectivity index (χ1v) is 10.7. The second kappa shape index (κ2) is 12.6. The van der Waals surface area contributed by atoms with Gasteiger partial charge in [0.1, 0.15) is 12.4 Å². The number of nitrogens with zero attached hydrogens (tertiary/aromatic N) is 3. The highest BCUT2D eigenvalue weighted by molar-refractivity contribution is 5.79. The van der Waals surface area contributed by atoms with E-state index < -0.39 is 0 Å². The van der Waals surface area contributed by atoms with Gasteiger partial charge in [-0.25, -0.2) is 0 Å². The molecular formula is C22H38N4O2. The summed E-state index contributed by atoms with van der Waals surface area (Å²) in [5.74, 6) is 1.90. The maximum absolute atomic E-state index is 5.86. The average Bonchev–Trinajstić information content (AvgIpc) is 2.74. The lowest BCUT2D eigenvalue weighted by Crippen LogP contribution is -2.46. The van der Waals surface area contributed by atoms with Gasteiger partial charge in [0.25, 0.3) is 0 Å². The normalized spacial score (nSPS) is 15.9. The summed E-state index contributed by atoms with van der Waals surface area (Å²) in [5.41, 5.74) is 1.22. The number of nitrogens with one attached hydrogen (secondary N) is 1. The van der Waals surface area contributed by atoms with Crippen molar-refractivity contribution in [1.82, 2.24) is 15.1 Å².